The van der Waals surface area contributed by atoms with Crippen LogP contribution in [0, 0.1) is 5.82 Å². The molecule has 0 aromatic heterocycles. The molecule has 0 bridgehead atoms. The maximum atomic E-state index is 14.2. The van der Waals surface area contributed by atoms with Crippen molar-refractivity contribution in [2.45, 2.75) is 44.9 Å². The summed E-state index contributed by atoms with van der Waals surface area (Å²) in [5.74, 6) is -0.620. The highest BCUT2D eigenvalue weighted by Crippen LogP contribution is 2.45. The number of benzene rings is 2. The van der Waals surface area contributed by atoms with Crippen molar-refractivity contribution in [2.75, 3.05) is 0 Å². The third-order valence-corrected chi connectivity index (χ3v) is 5.24. The van der Waals surface area contributed by atoms with Crippen LogP contribution in [0.25, 0.3) is 0 Å². The van der Waals surface area contributed by atoms with E-state index in [4.69, 9.17) is 27.9 Å². The number of imide groups is 1. The van der Waals surface area contributed by atoms with Crippen LogP contribution in [0.2, 0.25) is 10.0 Å². The fraction of sp³-hybridized carbons (Fsp3) is 0.333. The lowest BCUT2D eigenvalue weighted by molar-refractivity contribution is 0.0263. The Bertz CT molecular complexity index is 959. The van der Waals surface area contributed by atoms with Gasteiger partial charge in [-0.3, -0.25) is 0 Å². The summed E-state index contributed by atoms with van der Waals surface area (Å²) in [6, 6.07) is 9.60. The molecule has 2 aromatic carbocycles. The fourth-order valence-electron chi connectivity index (χ4n) is 3.40. The molecule has 2 aromatic rings. The number of hydrogen-bond donors (Lipinski definition) is 1. The first kappa shape index (κ1) is 21.4. The summed E-state index contributed by atoms with van der Waals surface area (Å²) in [6.07, 6.45) is -0.798. The molecular weight excluding hydrogens is 418 g/mol. The van der Waals surface area contributed by atoms with E-state index in [-0.39, 0.29) is 5.02 Å². The lowest BCUT2D eigenvalue weighted by Crippen LogP contribution is -2.41. The van der Waals surface area contributed by atoms with E-state index in [0.29, 0.717) is 16.1 Å². The van der Waals surface area contributed by atoms with Crippen molar-refractivity contribution in [1.29, 1.82) is 0 Å². The zero-order chi connectivity index (χ0) is 21.6. The quantitative estimate of drug-likeness (QED) is 0.620. The summed E-state index contributed by atoms with van der Waals surface area (Å²) >= 11 is 11.8. The first-order chi connectivity index (χ1) is 13.4. The molecule has 1 N–H and O–H groups in total. The molecule has 1 saturated heterocycles. The van der Waals surface area contributed by atoms with Crippen molar-refractivity contribution < 1.29 is 18.7 Å². The summed E-state index contributed by atoms with van der Waals surface area (Å²) in [5.41, 5.74) is -0.837. The van der Waals surface area contributed by atoms with Crippen LogP contribution in [-0.4, -0.2) is 22.6 Å². The van der Waals surface area contributed by atoms with Gasteiger partial charge in [-0.2, -0.15) is 0 Å². The summed E-state index contributed by atoms with van der Waals surface area (Å²) < 4.78 is 19.6. The third-order valence-electron chi connectivity index (χ3n) is 4.69. The van der Waals surface area contributed by atoms with Crippen LogP contribution in [0.3, 0.4) is 0 Å². The summed E-state index contributed by atoms with van der Waals surface area (Å²) in [4.78, 5) is 26.8. The zero-order valence-corrected chi connectivity index (χ0v) is 17.9. The number of carbonyl (C=O) groups excluding carboxylic acids is 2. The number of rotatable bonds is 2. The Morgan fingerprint density at radius 3 is 2.34 bits per heavy atom. The first-order valence-electron chi connectivity index (χ1n) is 8.98. The van der Waals surface area contributed by atoms with Gasteiger partial charge in [0.05, 0.1) is 16.6 Å². The van der Waals surface area contributed by atoms with E-state index in [9.17, 15) is 14.0 Å². The second kappa shape index (κ2) is 7.50. The summed E-state index contributed by atoms with van der Waals surface area (Å²) in [7, 11) is 0. The molecule has 1 aliphatic rings. The van der Waals surface area contributed by atoms with Gasteiger partial charge in [0.1, 0.15) is 11.4 Å². The second-order valence-electron chi connectivity index (χ2n) is 8.07. The van der Waals surface area contributed by atoms with E-state index in [1.165, 1.54) is 12.1 Å². The molecule has 0 saturated carbocycles. The van der Waals surface area contributed by atoms with Crippen molar-refractivity contribution in [3.05, 3.63) is 69.5 Å². The first-order valence-corrected chi connectivity index (χ1v) is 9.73. The highest BCUT2D eigenvalue weighted by atomic mass is 35.5. The van der Waals surface area contributed by atoms with E-state index in [1.807, 2.05) is 0 Å². The molecule has 2 unspecified atom stereocenters. The third kappa shape index (κ3) is 4.19. The Hall–Kier alpha value is -2.31. The molecule has 0 spiro atoms. The number of halogens is 3. The van der Waals surface area contributed by atoms with Gasteiger partial charge in [0, 0.05) is 5.02 Å². The highest BCUT2D eigenvalue weighted by Gasteiger charge is 2.54. The normalized spacial score (nSPS) is 21.8. The van der Waals surface area contributed by atoms with E-state index in [2.05, 4.69) is 5.32 Å². The average Bonchev–Trinajstić information content (AvgIpc) is 2.88. The number of ether oxygens (including phenoxy) is 1. The molecule has 0 aliphatic carbocycles. The predicted octanol–water partition coefficient (Wildman–Crippen LogP) is 6.05. The van der Waals surface area contributed by atoms with Crippen LogP contribution in [0.4, 0.5) is 14.0 Å². The van der Waals surface area contributed by atoms with Crippen molar-refractivity contribution in [3.63, 3.8) is 0 Å². The van der Waals surface area contributed by atoms with Gasteiger partial charge in [-0.15, -0.1) is 0 Å². The second-order valence-corrected chi connectivity index (χ2v) is 8.91. The minimum atomic E-state index is -1.13. The van der Waals surface area contributed by atoms with Crippen molar-refractivity contribution in [3.8, 4) is 0 Å². The molecule has 154 valence electrons. The average molecular weight is 439 g/mol. The number of urea groups is 1. The van der Waals surface area contributed by atoms with Crippen molar-refractivity contribution in [1.82, 2.24) is 10.2 Å². The van der Waals surface area contributed by atoms with E-state index >= 15 is 0 Å². The number of hydrogen-bond acceptors (Lipinski definition) is 3. The molecule has 5 nitrogen and oxygen atoms in total. The Balaban J connectivity index is 2.14. The molecule has 3 rings (SSSR count). The maximum absolute atomic E-state index is 14.2. The van der Waals surface area contributed by atoms with Gasteiger partial charge in [-0.25, -0.2) is 18.9 Å². The van der Waals surface area contributed by atoms with Crippen LogP contribution >= 0.6 is 23.2 Å². The van der Waals surface area contributed by atoms with Gasteiger partial charge in [-0.05, 0) is 63.1 Å². The van der Waals surface area contributed by atoms with E-state index in [1.54, 1.807) is 58.0 Å². The molecule has 2 atom stereocenters. The lowest BCUT2D eigenvalue weighted by Gasteiger charge is -2.34. The Morgan fingerprint density at radius 1 is 1.17 bits per heavy atom. The van der Waals surface area contributed by atoms with Gasteiger partial charge in [0.25, 0.3) is 0 Å². The van der Waals surface area contributed by atoms with E-state index in [0.717, 1.165) is 4.90 Å². The van der Waals surface area contributed by atoms with Crippen molar-refractivity contribution in [2.24, 2.45) is 0 Å². The topological polar surface area (TPSA) is 58.6 Å². The number of amides is 3. The van der Waals surface area contributed by atoms with Gasteiger partial charge in [-0.1, -0.05) is 41.4 Å². The molecular formula is C21H21Cl2FN2O3. The number of nitrogens with one attached hydrogen (secondary N) is 1. The SMILES string of the molecule is CC(C)(C)OC(=O)N1C(=O)NC(C)(c2ccc(Cl)c(F)c2)C1c1ccc(Cl)cc1. The smallest absolute Gasteiger partial charge is 0.419 e. The minimum absolute atomic E-state index is 0.0336. The Labute approximate surface area is 178 Å². The number of nitrogens with zero attached hydrogens (tertiary/aromatic N) is 1. The van der Waals surface area contributed by atoms with Gasteiger partial charge in [0.15, 0.2) is 0 Å². The Morgan fingerprint density at radius 2 is 1.79 bits per heavy atom. The summed E-state index contributed by atoms with van der Waals surface area (Å²) in [5, 5.41) is 3.29. The fourth-order valence-corrected chi connectivity index (χ4v) is 3.65. The maximum Gasteiger partial charge on any atom is 0.419 e. The standard InChI is InChI=1S/C21H21Cl2FN2O3/c1-20(2,3)29-19(28)26-17(12-5-8-14(22)9-6-12)21(4,25-18(26)27)13-7-10-15(23)16(24)11-13/h5-11,17H,1-4H3,(H,25,27). The van der Waals surface area contributed by atoms with Crippen LogP contribution in [0.5, 0.6) is 0 Å². The molecule has 8 heteroatoms. The van der Waals surface area contributed by atoms with Crippen LogP contribution in [0.15, 0.2) is 42.5 Å². The van der Waals surface area contributed by atoms with Gasteiger partial charge in [0.2, 0.25) is 0 Å². The lowest BCUT2D eigenvalue weighted by atomic mass is 9.81. The van der Waals surface area contributed by atoms with Gasteiger partial charge < -0.3 is 10.1 Å². The summed E-state index contributed by atoms with van der Waals surface area (Å²) in [6.45, 7) is 6.86. The van der Waals surface area contributed by atoms with Crippen LogP contribution < -0.4 is 5.32 Å². The zero-order valence-electron chi connectivity index (χ0n) is 16.4. The van der Waals surface area contributed by atoms with Crippen LogP contribution in [0.1, 0.15) is 44.9 Å². The van der Waals surface area contributed by atoms with E-state index < -0.39 is 35.1 Å². The predicted molar refractivity (Wildman–Crippen MR) is 110 cm³/mol. The largest absolute Gasteiger partial charge is 0.443 e. The Kier molecular flexibility index (Phi) is 5.54. The molecule has 1 aliphatic heterocycles. The molecule has 1 heterocycles. The number of carbonyl (C=O) groups is 2. The highest BCUT2D eigenvalue weighted by molar-refractivity contribution is 6.31. The van der Waals surface area contributed by atoms with Crippen molar-refractivity contribution >= 4 is 35.3 Å². The minimum Gasteiger partial charge on any atom is -0.443 e. The molecule has 29 heavy (non-hydrogen) atoms. The molecule has 1 fully saturated rings. The molecule has 3 amide bonds. The van der Waals surface area contributed by atoms with Gasteiger partial charge >= 0.3 is 12.1 Å². The molecule has 0 radical (unpaired) electrons. The monoisotopic (exact) mass is 438 g/mol. The van der Waals surface area contributed by atoms with Crippen LogP contribution in [-0.2, 0) is 10.3 Å².